The fourth-order valence-corrected chi connectivity index (χ4v) is 12.7. The highest BCUT2D eigenvalue weighted by Crippen LogP contribution is 2.40. The molecule has 0 bridgehead atoms. The number of amides is 1. The fourth-order valence-electron chi connectivity index (χ4n) is 12.7. The summed E-state index contributed by atoms with van der Waals surface area (Å²) in [5.41, 5.74) is 2.38. The standard InChI is InChI=1S/C84H141NO12/c1-6-11-16-21-24-36-51-75(49-34-19-14-9-4)82(87)95-63-47-28-27-45-61-93-74-80(94-62-46-29-30-48-64-96-83(88)76(50-35-20-15-10-5)52-37-25-22-17-12-7-2)81(86)85(59-44-26-23-18-13-8-3)60-65-89-66-67-90-68-69-91-70-71-92-72-73-97-84(77-53-38-31-39-54-77,78-55-40-32-41-56-78)79-57-42-33-43-58-79/h31-33,38-43,53-58,75-76,80H,6-30,34-37,44-52,59-74H2,1-5H3. The van der Waals surface area contributed by atoms with Gasteiger partial charge in [-0.05, 0) is 87.3 Å². The summed E-state index contributed by atoms with van der Waals surface area (Å²) >= 11 is 0. The molecule has 13 heteroatoms. The van der Waals surface area contributed by atoms with Crippen molar-refractivity contribution in [3.05, 3.63) is 108 Å². The number of ether oxygens (including phenoxy) is 9. The first-order valence-corrected chi connectivity index (χ1v) is 39.8. The van der Waals surface area contributed by atoms with Gasteiger partial charge in [0.2, 0.25) is 0 Å². The Hall–Kier alpha value is -4.21. The van der Waals surface area contributed by atoms with Gasteiger partial charge in [-0.3, -0.25) is 14.4 Å². The van der Waals surface area contributed by atoms with E-state index in [0.29, 0.717) is 99.0 Å². The average Bonchev–Trinajstić information content (AvgIpc) is 0.762. The van der Waals surface area contributed by atoms with Crippen molar-refractivity contribution in [3.63, 3.8) is 0 Å². The first kappa shape index (κ1) is 87.0. The van der Waals surface area contributed by atoms with Crippen LogP contribution in [0.2, 0.25) is 0 Å². The Balaban J connectivity index is 1.48. The van der Waals surface area contributed by atoms with Crippen molar-refractivity contribution in [1.82, 2.24) is 4.90 Å². The molecule has 97 heavy (non-hydrogen) atoms. The normalized spacial score (nSPS) is 12.6. The number of carbonyl (C=O) groups excluding carboxylic acids is 3. The third-order valence-electron chi connectivity index (χ3n) is 18.7. The number of unbranched alkanes of at least 4 members (excludes halogenated alkanes) is 27. The highest BCUT2D eigenvalue weighted by molar-refractivity contribution is 5.81. The van der Waals surface area contributed by atoms with E-state index in [1.54, 1.807) is 0 Å². The van der Waals surface area contributed by atoms with E-state index >= 15 is 0 Å². The second-order valence-corrected chi connectivity index (χ2v) is 27.0. The van der Waals surface area contributed by atoms with Crippen LogP contribution in [0.15, 0.2) is 91.0 Å². The van der Waals surface area contributed by atoms with Crippen LogP contribution in [0.3, 0.4) is 0 Å². The van der Waals surface area contributed by atoms with Gasteiger partial charge in [0.1, 0.15) is 5.60 Å². The molecule has 3 aromatic carbocycles. The maximum atomic E-state index is 14.6. The van der Waals surface area contributed by atoms with Gasteiger partial charge >= 0.3 is 11.9 Å². The van der Waals surface area contributed by atoms with E-state index in [4.69, 9.17) is 42.6 Å². The van der Waals surface area contributed by atoms with Gasteiger partial charge in [0.05, 0.1) is 91.1 Å². The predicted molar refractivity (Wildman–Crippen MR) is 398 cm³/mol. The van der Waals surface area contributed by atoms with Crippen molar-refractivity contribution in [2.45, 2.75) is 290 Å². The molecule has 0 aromatic heterocycles. The van der Waals surface area contributed by atoms with Crippen molar-refractivity contribution >= 4 is 17.8 Å². The van der Waals surface area contributed by atoms with Gasteiger partial charge in [-0.2, -0.15) is 0 Å². The minimum atomic E-state index is -0.788. The maximum absolute atomic E-state index is 14.6. The zero-order valence-corrected chi connectivity index (χ0v) is 62.4. The molecule has 3 atom stereocenters. The summed E-state index contributed by atoms with van der Waals surface area (Å²) in [5, 5.41) is 0. The van der Waals surface area contributed by atoms with E-state index < -0.39 is 11.7 Å². The molecule has 0 aliphatic rings. The van der Waals surface area contributed by atoms with E-state index in [1.165, 1.54) is 122 Å². The third kappa shape index (κ3) is 42.6. The lowest BCUT2D eigenvalue weighted by Crippen LogP contribution is -2.45. The van der Waals surface area contributed by atoms with Crippen molar-refractivity contribution in [2.24, 2.45) is 11.8 Å². The Bertz CT molecular complexity index is 2120. The predicted octanol–water partition coefficient (Wildman–Crippen LogP) is 20.5. The fraction of sp³-hybridized carbons (Fsp3) is 0.750. The molecule has 0 saturated carbocycles. The number of benzene rings is 3. The SMILES string of the molecule is CCCCCCCCC(CCCCCC)C(=O)OCCCCCCOCC(OCCCCCCOC(=O)C(CCCCCC)CCCCCCCC)C(=O)N(CCCCCCCC)CCOCCOCCOCCOCCOC(c1ccccc1)(c1ccccc1)c1ccccc1. The molecule has 13 nitrogen and oxygen atoms in total. The second kappa shape index (κ2) is 62.8. The molecule has 3 aromatic rings. The minimum Gasteiger partial charge on any atom is -0.465 e. The quantitative estimate of drug-likeness (QED) is 0.0302. The molecule has 3 unspecified atom stereocenters. The van der Waals surface area contributed by atoms with Crippen LogP contribution >= 0.6 is 0 Å². The summed E-state index contributed by atoms with van der Waals surface area (Å²) in [6, 6.07) is 31.1. The van der Waals surface area contributed by atoms with Gasteiger partial charge in [0, 0.05) is 26.3 Å². The molecule has 0 N–H and O–H groups in total. The highest BCUT2D eigenvalue weighted by Gasteiger charge is 2.37. The monoisotopic (exact) mass is 1360 g/mol. The molecule has 554 valence electrons. The van der Waals surface area contributed by atoms with Crippen LogP contribution < -0.4 is 0 Å². The first-order valence-electron chi connectivity index (χ1n) is 39.8. The molecule has 0 aliphatic carbocycles. The number of rotatable bonds is 70. The summed E-state index contributed by atoms with van der Waals surface area (Å²) in [7, 11) is 0. The summed E-state index contributed by atoms with van der Waals surface area (Å²) in [5.74, 6) is -0.0401. The lowest BCUT2D eigenvalue weighted by molar-refractivity contribution is -0.150. The van der Waals surface area contributed by atoms with Crippen LogP contribution in [-0.4, -0.2) is 134 Å². The maximum Gasteiger partial charge on any atom is 0.308 e. The van der Waals surface area contributed by atoms with Crippen LogP contribution in [0, 0.1) is 11.8 Å². The Labute approximate surface area is 592 Å². The molecule has 0 fully saturated rings. The Kier molecular flexibility index (Phi) is 56.3. The van der Waals surface area contributed by atoms with E-state index in [2.05, 4.69) is 107 Å². The number of hydrogen-bond acceptors (Lipinski definition) is 12. The van der Waals surface area contributed by atoms with Crippen molar-refractivity contribution < 1.29 is 57.0 Å². The van der Waals surface area contributed by atoms with Crippen LogP contribution in [0.1, 0.15) is 295 Å². The lowest BCUT2D eigenvalue weighted by atomic mass is 9.80. The zero-order valence-electron chi connectivity index (χ0n) is 62.4. The Morgan fingerprint density at radius 2 is 0.639 bits per heavy atom. The van der Waals surface area contributed by atoms with Crippen LogP contribution in [0.4, 0.5) is 0 Å². The molecule has 0 spiro atoms. The molecule has 3 rings (SSSR count). The van der Waals surface area contributed by atoms with Gasteiger partial charge in [-0.25, -0.2) is 0 Å². The van der Waals surface area contributed by atoms with E-state index in [0.717, 1.165) is 139 Å². The van der Waals surface area contributed by atoms with Crippen molar-refractivity contribution in [2.75, 3.05) is 106 Å². The van der Waals surface area contributed by atoms with Gasteiger partial charge in [0.25, 0.3) is 5.91 Å². The first-order chi connectivity index (χ1) is 47.9. The minimum absolute atomic E-state index is 0.00385. The number of esters is 2. The number of hydrogen-bond donors (Lipinski definition) is 0. The number of carbonyl (C=O) groups is 3. The van der Waals surface area contributed by atoms with E-state index in [1.807, 2.05) is 23.1 Å². The van der Waals surface area contributed by atoms with Gasteiger partial charge < -0.3 is 47.5 Å². The topological polar surface area (TPSA) is 138 Å². The summed E-state index contributed by atoms with van der Waals surface area (Å²) < 4.78 is 55.2. The van der Waals surface area contributed by atoms with Crippen LogP contribution in [0.5, 0.6) is 0 Å². The van der Waals surface area contributed by atoms with Crippen LogP contribution in [-0.2, 0) is 62.6 Å². The average molecular weight is 1360 g/mol. The molecular formula is C84H141NO12. The third-order valence-corrected chi connectivity index (χ3v) is 18.7. The highest BCUT2D eigenvalue weighted by atomic mass is 16.6. The number of nitrogens with zero attached hydrogens (tertiary/aromatic N) is 1. The second-order valence-electron chi connectivity index (χ2n) is 27.0. The largest absolute Gasteiger partial charge is 0.465 e. The molecular weight excluding hydrogens is 1210 g/mol. The molecule has 0 aliphatic heterocycles. The Morgan fingerprint density at radius 1 is 0.320 bits per heavy atom. The summed E-state index contributed by atoms with van der Waals surface area (Å²) in [6.45, 7) is 18.1. The summed E-state index contributed by atoms with van der Waals surface area (Å²) in [4.78, 5) is 43.1. The van der Waals surface area contributed by atoms with Crippen LogP contribution in [0.25, 0.3) is 0 Å². The molecule has 0 radical (unpaired) electrons. The lowest BCUT2D eigenvalue weighted by Gasteiger charge is -2.36. The van der Waals surface area contributed by atoms with E-state index in [9.17, 15) is 14.4 Å². The Morgan fingerprint density at radius 3 is 1.04 bits per heavy atom. The molecule has 1 amide bonds. The van der Waals surface area contributed by atoms with Gasteiger partial charge in [-0.15, -0.1) is 0 Å². The molecule has 0 saturated heterocycles. The van der Waals surface area contributed by atoms with E-state index in [-0.39, 0.29) is 36.3 Å². The van der Waals surface area contributed by atoms with Gasteiger partial charge in [0.15, 0.2) is 6.10 Å². The smallest absolute Gasteiger partial charge is 0.308 e. The molecule has 0 heterocycles. The van der Waals surface area contributed by atoms with Gasteiger partial charge in [-0.1, -0.05) is 299 Å². The summed E-state index contributed by atoms with van der Waals surface area (Å²) in [6.07, 6.45) is 40.9. The van der Waals surface area contributed by atoms with Crippen molar-refractivity contribution in [1.29, 1.82) is 0 Å². The van der Waals surface area contributed by atoms with Crippen molar-refractivity contribution in [3.8, 4) is 0 Å². The zero-order chi connectivity index (χ0) is 69.4.